The molecular weight excluding hydrogens is 308 g/mol. The highest BCUT2D eigenvalue weighted by molar-refractivity contribution is 7.20. The molecule has 1 aliphatic heterocycles. The fourth-order valence-corrected chi connectivity index (χ4v) is 3.76. The van der Waals surface area contributed by atoms with Crippen molar-refractivity contribution in [1.29, 1.82) is 0 Å². The third-order valence-electron chi connectivity index (χ3n) is 4.07. The molecule has 0 radical (unpaired) electrons. The number of hydrogen-bond acceptors (Lipinski definition) is 5. The van der Waals surface area contributed by atoms with Gasteiger partial charge in [-0.15, -0.1) is 11.3 Å². The average Bonchev–Trinajstić information content (AvgIpc) is 3.06. The molecule has 1 saturated heterocycles. The lowest BCUT2D eigenvalue weighted by atomic mass is 10.2. The molecule has 0 spiro atoms. The number of amides is 1. The van der Waals surface area contributed by atoms with Crippen molar-refractivity contribution < 1.29 is 4.79 Å². The normalized spacial score (nSPS) is 15.1. The Morgan fingerprint density at radius 1 is 1.00 bits per heavy atom. The van der Waals surface area contributed by atoms with Gasteiger partial charge in [-0.05, 0) is 24.3 Å². The number of rotatable bonds is 2. The summed E-state index contributed by atoms with van der Waals surface area (Å²) in [7, 11) is 0. The Bertz CT molecular complexity index is 792. The van der Waals surface area contributed by atoms with Crippen molar-refractivity contribution in [2.75, 3.05) is 31.1 Å². The number of pyridine rings is 1. The van der Waals surface area contributed by atoms with Gasteiger partial charge >= 0.3 is 0 Å². The number of aromatic nitrogens is 2. The van der Waals surface area contributed by atoms with Crippen LogP contribution >= 0.6 is 11.3 Å². The zero-order chi connectivity index (χ0) is 15.6. The van der Waals surface area contributed by atoms with Crippen LogP contribution in [-0.2, 0) is 0 Å². The molecule has 1 amide bonds. The van der Waals surface area contributed by atoms with Crippen molar-refractivity contribution >= 4 is 33.1 Å². The monoisotopic (exact) mass is 324 g/mol. The van der Waals surface area contributed by atoms with Gasteiger partial charge in [-0.2, -0.15) is 0 Å². The Hall–Kier alpha value is -2.47. The number of benzene rings is 1. The molecule has 0 saturated carbocycles. The third kappa shape index (κ3) is 2.77. The quantitative estimate of drug-likeness (QED) is 0.727. The summed E-state index contributed by atoms with van der Waals surface area (Å²) in [6, 6.07) is 11.9. The summed E-state index contributed by atoms with van der Waals surface area (Å²) >= 11 is 1.47. The molecule has 116 valence electrons. The van der Waals surface area contributed by atoms with Gasteiger partial charge in [-0.1, -0.05) is 12.1 Å². The highest BCUT2D eigenvalue weighted by atomic mass is 32.1. The number of fused-ring (bicyclic) bond motifs is 1. The molecule has 1 aromatic carbocycles. The molecule has 4 rings (SSSR count). The van der Waals surface area contributed by atoms with Crippen molar-refractivity contribution in [3.05, 3.63) is 53.8 Å². The average molecular weight is 324 g/mol. The smallest absolute Gasteiger partial charge is 0.282 e. The first-order valence-electron chi connectivity index (χ1n) is 7.61. The van der Waals surface area contributed by atoms with Gasteiger partial charge in [0.1, 0.15) is 0 Å². The second-order valence-corrected chi connectivity index (χ2v) is 6.50. The van der Waals surface area contributed by atoms with Gasteiger partial charge in [0.05, 0.1) is 10.2 Å². The van der Waals surface area contributed by atoms with Gasteiger partial charge in [-0.25, -0.2) is 4.98 Å². The van der Waals surface area contributed by atoms with Gasteiger partial charge in [0, 0.05) is 44.3 Å². The van der Waals surface area contributed by atoms with E-state index < -0.39 is 0 Å². The topological polar surface area (TPSA) is 49.3 Å². The Morgan fingerprint density at radius 3 is 2.48 bits per heavy atom. The first-order valence-corrected chi connectivity index (χ1v) is 8.43. The van der Waals surface area contributed by atoms with Crippen LogP contribution in [0, 0.1) is 0 Å². The lowest BCUT2D eigenvalue weighted by Crippen LogP contribution is -2.48. The Kier molecular flexibility index (Phi) is 3.67. The number of piperazine rings is 1. The molecule has 0 aliphatic carbocycles. The minimum atomic E-state index is 0.0422. The molecular formula is C17H16N4OS. The maximum Gasteiger partial charge on any atom is 0.282 e. The van der Waals surface area contributed by atoms with Crippen LogP contribution < -0.4 is 4.90 Å². The fraction of sp³-hybridized carbons (Fsp3) is 0.235. The van der Waals surface area contributed by atoms with Crippen molar-refractivity contribution in [2.45, 2.75) is 0 Å². The summed E-state index contributed by atoms with van der Waals surface area (Å²) in [5.41, 5.74) is 2.06. The van der Waals surface area contributed by atoms with Gasteiger partial charge in [-0.3, -0.25) is 9.78 Å². The van der Waals surface area contributed by atoms with E-state index in [1.807, 2.05) is 41.3 Å². The second kappa shape index (κ2) is 5.96. The van der Waals surface area contributed by atoms with E-state index in [2.05, 4.69) is 14.9 Å². The van der Waals surface area contributed by atoms with Crippen LogP contribution in [0.5, 0.6) is 0 Å². The van der Waals surface area contributed by atoms with E-state index in [-0.39, 0.29) is 5.91 Å². The molecule has 23 heavy (non-hydrogen) atoms. The molecule has 0 atom stereocenters. The summed E-state index contributed by atoms with van der Waals surface area (Å²) in [6.45, 7) is 3.11. The maximum atomic E-state index is 12.7. The zero-order valence-electron chi connectivity index (χ0n) is 12.6. The van der Waals surface area contributed by atoms with Crippen LogP contribution in [0.15, 0.2) is 48.8 Å². The number of hydrogen-bond donors (Lipinski definition) is 0. The van der Waals surface area contributed by atoms with Crippen LogP contribution in [0.1, 0.15) is 9.80 Å². The first-order chi connectivity index (χ1) is 11.3. The lowest BCUT2D eigenvalue weighted by molar-refractivity contribution is 0.0746. The highest BCUT2D eigenvalue weighted by Crippen LogP contribution is 2.23. The number of thiazole rings is 1. The highest BCUT2D eigenvalue weighted by Gasteiger charge is 2.24. The van der Waals surface area contributed by atoms with Gasteiger partial charge < -0.3 is 9.80 Å². The molecule has 1 fully saturated rings. The van der Waals surface area contributed by atoms with Crippen LogP contribution in [0.3, 0.4) is 0 Å². The Morgan fingerprint density at radius 2 is 1.74 bits per heavy atom. The van der Waals surface area contributed by atoms with Gasteiger partial charge in [0.2, 0.25) is 0 Å². The number of carbonyl (C=O) groups excluding carboxylic acids is 1. The fourth-order valence-electron chi connectivity index (χ4n) is 2.82. The second-order valence-electron chi connectivity index (χ2n) is 5.47. The van der Waals surface area contributed by atoms with E-state index >= 15 is 0 Å². The Labute approximate surface area is 138 Å². The predicted octanol–water partition coefficient (Wildman–Crippen LogP) is 2.65. The van der Waals surface area contributed by atoms with Crippen LogP contribution in [-0.4, -0.2) is 47.0 Å². The largest absolute Gasteiger partial charge is 0.368 e. The third-order valence-corrected chi connectivity index (χ3v) is 5.10. The molecule has 1 aliphatic rings. The molecule has 0 bridgehead atoms. The molecule has 6 heteroatoms. The van der Waals surface area contributed by atoms with E-state index in [1.54, 1.807) is 12.4 Å². The number of carbonyl (C=O) groups is 1. The molecule has 3 aromatic rings. The minimum Gasteiger partial charge on any atom is -0.368 e. The van der Waals surface area contributed by atoms with Crippen molar-refractivity contribution in [3.8, 4) is 0 Å². The predicted molar refractivity (Wildman–Crippen MR) is 92.0 cm³/mol. The molecule has 2 aromatic heterocycles. The van der Waals surface area contributed by atoms with Crippen LogP contribution in [0.4, 0.5) is 5.69 Å². The van der Waals surface area contributed by atoms with E-state index in [0.717, 1.165) is 42.1 Å². The molecule has 0 N–H and O–H groups in total. The number of nitrogens with zero attached hydrogens (tertiary/aromatic N) is 4. The molecule has 5 nitrogen and oxygen atoms in total. The van der Waals surface area contributed by atoms with Crippen molar-refractivity contribution in [3.63, 3.8) is 0 Å². The lowest BCUT2D eigenvalue weighted by Gasteiger charge is -2.35. The summed E-state index contributed by atoms with van der Waals surface area (Å²) in [5, 5.41) is 0.587. The van der Waals surface area contributed by atoms with E-state index in [0.29, 0.717) is 5.01 Å². The van der Waals surface area contributed by atoms with E-state index in [1.165, 1.54) is 11.3 Å². The summed E-state index contributed by atoms with van der Waals surface area (Å²) in [6.07, 6.45) is 3.60. The molecule has 3 heterocycles. The number of anilines is 1. The van der Waals surface area contributed by atoms with Crippen LogP contribution in [0.2, 0.25) is 0 Å². The van der Waals surface area contributed by atoms with E-state index in [9.17, 15) is 4.79 Å². The minimum absolute atomic E-state index is 0.0422. The number of para-hydroxylation sites is 1. The zero-order valence-corrected chi connectivity index (χ0v) is 13.4. The Balaban J connectivity index is 1.46. The SMILES string of the molecule is O=C(c1nc2ccccc2s1)N1CCN(c2ccncc2)CC1. The summed E-state index contributed by atoms with van der Waals surface area (Å²) in [5.74, 6) is 0.0422. The van der Waals surface area contributed by atoms with Crippen molar-refractivity contribution in [2.24, 2.45) is 0 Å². The summed E-state index contributed by atoms with van der Waals surface area (Å²) in [4.78, 5) is 25.4. The van der Waals surface area contributed by atoms with Crippen molar-refractivity contribution in [1.82, 2.24) is 14.9 Å². The maximum absolute atomic E-state index is 12.7. The van der Waals surface area contributed by atoms with Gasteiger partial charge in [0.25, 0.3) is 5.91 Å². The van der Waals surface area contributed by atoms with Gasteiger partial charge in [0.15, 0.2) is 5.01 Å². The first kappa shape index (κ1) is 14.1. The van der Waals surface area contributed by atoms with Crippen LogP contribution in [0.25, 0.3) is 10.2 Å². The van der Waals surface area contributed by atoms with E-state index in [4.69, 9.17) is 0 Å². The standard InChI is InChI=1S/C17H16N4OS/c22-17(16-19-14-3-1-2-4-15(14)23-16)21-11-9-20(10-12-21)13-5-7-18-8-6-13/h1-8H,9-12H2. The molecule has 0 unspecified atom stereocenters. The summed E-state index contributed by atoms with van der Waals surface area (Å²) < 4.78 is 1.06.